The lowest BCUT2D eigenvalue weighted by Crippen LogP contribution is -2.31. The number of aryl methyl sites for hydroxylation is 1. The number of aliphatic imine (C=N–C) groups is 1. The zero-order valence-corrected chi connectivity index (χ0v) is 8.82. The number of guanidine groups is 1. The first-order valence-electron chi connectivity index (χ1n) is 4.30. The number of nitrogens with two attached hydrogens (primary N) is 1. The molecule has 1 heterocycles. The van der Waals surface area contributed by atoms with Gasteiger partial charge >= 0.3 is 0 Å². The molecule has 3 N–H and O–H groups in total. The summed E-state index contributed by atoms with van der Waals surface area (Å²) in [5.74, 6) is 0.523. The third-order valence-corrected chi connectivity index (χ3v) is 2.73. The van der Waals surface area contributed by atoms with Gasteiger partial charge in [-0.05, 0) is 30.9 Å². The lowest BCUT2D eigenvalue weighted by molar-refractivity contribution is 0.928. The molecule has 0 atom stereocenters. The summed E-state index contributed by atoms with van der Waals surface area (Å²) in [7, 11) is 0. The first-order valence-corrected chi connectivity index (χ1v) is 5.18. The second-order valence-electron chi connectivity index (χ2n) is 2.76. The van der Waals surface area contributed by atoms with Crippen molar-refractivity contribution in [3.05, 3.63) is 21.9 Å². The Morgan fingerprint density at radius 2 is 2.46 bits per heavy atom. The Balaban J connectivity index is 2.51. The van der Waals surface area contributed by atoms with Crippen LogP contribution in [0.1, 0.15) is 17.4 Å². The predicted molar refractivity (Wildman–Crippen MR) is 58.1 cm³/mol. The minimum atomic E-state index is 0.523. The van der Waals surface area contributed by atoms with E-state index in [1.165, 1.54) is 10.4 Å². The molecule has 0 aromatic carbocycles. The van der Waals surface area contributed by atoms with Crippen molar-refractivity contribution in [2.24, 2.45) is 10.7 Å². The van der Waals surface area contributed by atoms with Crippen molar-refractivity contribution in [3.63, 3.8) is 0 Å². The quantitative estimate of drug-likeness (QED) is 0.569. The highest BCUT2D eigenvalue weighted by molar-refractivity contribution is 7.10. The number of hydrogen-bond acceptors (Lipinski definition) is 2. The van der Waals surface area contributed by atoms with E-state index in [1.807, 2.05) is 6.92 Å². The van der Waals surface area contributed by atoms with Gasteiger partial charge in [0.25, 0.3) is 0 Å². The van der Waals surface area contributed by atoms with Crippen LogP contribution in [0, 0.1) is 6.92 Å². The minimum Gasteiger partial charge on any atom is -0.370 e. The highest BCUT2D eigenvalue weighted by atomic mass is 32.1. The Hall–Kier alpha value is -1.03. The first kappa shape index (κ1) is 10.1. The van der Waals surface area contributed by atoms with Gasteiger partial charge < -0.3 is 11.1 Å². The fraction of sp³-hybridized carbons (Fsp3) is 0.444. The fourth-order valence-corrected chi connectivity index (χ4v) is 1.79. The van der Waals surface area contributed by atoms with Gasteiger partial charge in [-0.25, -0.2) is 4.99 Å². The number of nitrogens with one attached hydrogen (secondary N) is 1. The van der Waals surface area contributed by atoms with Crippen LogP contribution in [0.5, 0.6) is 0 Å². The topological polar surface area (TPSA) is 50.4 Å². The molecule has 0 spiro atoms. The monoisotopic (exact) mass is 197 g/mol. The van der Waals surface area contributed by atoms with Crippen LogP contribution < -0.4 is 11.1 Å². The van der Waals surface area contributed by atoms with Crippen molar-refractivity contribution in [1.82, 2.24) is 5.32 Å². The molecule has 4 heteroatoms. The van der Waals surface area contributed by atoms with E-state index in [0.717, 1.165) is 6.54 Å². The second-order valence-corrected chi connectivity index (χ2v) is 3.76. The Morgan fingerprint density at radius 1 is 1.69 bits per heavy atom. The van der Waals surface area contributed by atoms with Crippen LogP contribution in [0.4, 0.5) is 0 Å². The van der Waals surface area contributed by atoms with Gasteiger partial charge in [-0.3, -0.25) is 0 Å². The number of nitrogens with zero attached hydrogens (tertiary/aromatic N) is 1. The SMILES string of the molecule is CCNC(N)=NCc1sccc1C. The molecular formula is C9H15N3S. The third kappa shape index (κ3) is 3.06. The smallest absolute Gasteiger partial charge is 0.188 e. The predicted octanol–water partition coefficient (Wildman–Crippen LogP) is 1.48. The molecule has 3 nitrogen and oxygen atoms in total. The molecule has 0 saturated carbocycles. The van der Waals surface area contributed by atoms with Crippen LogP contribution in [0.2, 0.25) is 0 Å². The van der Waals surface area contributed by atoms with Gasteiger partial charge in [0.2, 0.25) is 0 Å². The van der Waals surface area contributed by atoms with Gasteiger partial charge in [-0.1, -0.05) is 0 Å². The molecular weight excluding hydrogens is 182 g/mol. The molecule has 0 radical (unpaired) electrons. The molecule has 0 unspecified atom stereocenters. The Bertz CT molecular complexity index is 291. The van der Waals surface area contributed by atoms with E-state index in [2.05, 4.69) is 28.7 Å². The molecule has 1 aromatic heterocycles. The van der Waals surface area contributed by atoms with Gasteiger partial charge in [0, 0.05) is 11.4 Å². The maximum Gasteiger partial charge on any atom is 0.188 e. The molecule has 0 aliphatic heterocycles. The summed E-state index contributed by atoms with van der Waals surface area (Å²) in [6, 6.07) is 2.10. The number of hydrogen-bond donors (Lipinski definition) is 2. The van der Waals surface area contributed by atoms with Crippen molar-refractivity contribution in [3.8, 4) is 0 Å². The molecule has 1 aromatic rings. The number of rotatable bonds is 3. The summed E-state index contributed by atoms with van der Waals surface area (Å²) in [6.45, 7) is 5.59. The molecule has 0 saturated heterocycles. The van der Waals surface area contributed by atoms with Crippen LogP contribution in [0.25, 0.3) is 0 Å². The summed E-state index contributed by atoms with van der Waals surface area (Å²) in [5.41, 5.74) is 6.88. The summed E-state index contributed by atoms with van der Waals surface area (Å²) in [4.78, 5) is 5.49. The molecule has 0 aliphatic carbocycles. The van der Waals surface area contributed by atoms with Crippen LogP contribution in [0.15, 0.2) is 16.4 Å². The highest BCUT2D eigenvalue weighted by Crippen LogP contribution is 2.15. The van der Waals surface area contributed by atoms with Crippen molar-refractivity contribution in [2.75, 3.05) is 6.54 Å². The highest BCUT2D eigenvalue weighted by Gasteiger charge is 1.97. The standard InChI is InChI=1S/C9H15N3S/c1-3-11-9(10)12-6-8-7(2)4-5-13-8/h4-5H,3,6H2,1-2H3,(H3,10,11,12). The van der Waals surface area contributed by atoms with Gasteiger partial charge in [0.1, 0.15) is 0 Å². The van der Waals surface area contributed by atoms with Crippen molar-refractivity contribution >= 4 is 17.3 Å². The van der Waals surface area contributed by atoms with E-state index in [1.54, 1.807) is 11.3 Å². The van der Waals surface area contributed by atoms with Crippen LogP contribution in [0.3, 0.4) is 0 Å². The second kappa shape index (κ2) is 4.87. The maximum absolute atomic E-state index is 5.59. The Morgan fingerprint density at radius 3 is 3.00 bits per heavy atom. The molecule has 0 bridgehead atoms. The van der Waals surface area contributed by atoms with E-state index in [4.69, 9.17) is 5.73 Å². The van der Waals surface area contributed by atoms with E-state index < -0.39 is 0 Å². The van der Waals surface area contributed by atoms with E-state index >= 15 is 0 Å². The molecule has 13 heavy (non-hydrogen) atoms. The maximum atomic E-state index is 5.59. The van der Waals surface area contributed by atoms with Gasteiger partial charge in [0.05, 0.1) is 6.54 Å². The minimum absolute atomic E-state index is 0.523. The molecule has 0 fully saturated rings. The summed E-state index contributed by atoms with van der Waals surface area (Å²) >= 11 is 1.72. The van der Waals surface area contributed by atoms with Gasteiger partial charge in [-0.2, -0.15) is 0 Å². The lowest BCUT2D eigenvalue weighted by Gasteiger charge is -2.00. The van der Waals surface area contributed by atoms with E-state index in [0.29, 0.717) is 12.5 Å². The van der Waals surface area contributed by atoms with Crippen LogP contribution >= 0.6 is 11.3 Å². The van der Waals surface area contributed by atoms with E-state index in [9.17, 15) is 0 Å². The van der Waals surface area contributed by atoms with Crippen LogP contribution in [-0.4, -0.2) is 12.5 Å². The molecule has 0 aliphatic rings. The van der Waals surface area contributed by atoms with E-state index in [-0.39, 0.29) is 0 Å². The zero-order valence-electron chi connectivity index (χ0n) is 8.00. The zero-order chi connectivity index (χ0) is 9.68. The Labute approximate surface area is 82.7 Å². The summed E-state index contributed by atoms with van der Waals surface area (Å²) in [5, 5.41) is 5.03. The van der Waals surface area contributed by atoms with Crippen molar-refractivity contribution in [1.29, 1.82) is 0 Å². The van der Waals surface area contributed by atoms with Gasteiger partial charge in [-0.15, -0.1) is 11.3 Å². The third-order valence-electron chi connectivity index (χ3n) is 1.72. The first-order chi connectivity index (χ1) is 6.24. The Kier molecular flexibility index (Phi) is 3.76. The summed E-state index contributed by atoms with van der Waals surface area (Å²) < 4.78 is 0. The van der Waals surface area contributed by atoms with Crippen molar-refractivity contribution in [2.45, 2.75) is 20.4 Å². The average molecular weight is 197 g/mol. The van der Waals surface area contributed by atoms with Crippen molar-refractivity contribution < 1.29 is 0 Å². The normalized spacial score (nSPS) is 11.7. The van der Waals surface area contributed by atoms with Gasteiger partial charge in [0.15, 0.2) is 5.96 Å². The summed E-state index contributed by atoms with van der Waals surface area (Å²) in [6.07, 6.45) is 0. The molecule has 0 amide bonds. The van der Waals surface area contributed by atoms with Crippen LogP contribution in [-0.2, 0) is 6.54 Å². The molecule has 72 valence electrons. The number of thiophene rings is 1. The lowest BCUT2D eigenvalue weighted by atomic mass is 10.3. The average Bonchev–Trinajstić information content (AvgIpc) is 2.48. The molecule has 1 rings (SSSR count). The largest absolute Gasteiger partial charge is 0.370 e. The fourth-order valence-electron chi connectivity index (χ4n) is 0.960.